The predicted molar refractivity (Wildman–Crippen MR) is 169 cm³/mol. The van der Waals surface area contributed by atoms with E-state index in [9.17, 15) is 31.1 Å². The Hall–Kier alpha value is -3.98. The molecule has 0 aliphatic carbocycles. The highest BCUT2D eigenvalue weighted by Crippen LogP contribution is 2.43. The second-order valence-corrected chi connectivity index (χ2v) is 13.6. The number of amides is 1. The van der Waals surface area contributed by atoms with Crippen molar-refractivity contribution in [2.75, 3.05) is 25.1 Å². The molecule has 1 aromatic heterocycles. The molecule has 6 rings (SSSR count). The van der Waals surface area contributed by atoms with Gasteiger partial charge in [0.05, 0.1) is 47.7 Å². The molecule has 4 heterocycles. The zero-order chi connectivity index (χ0) is 35.7. The van der Waals surface area contributed by atoms with E-state index in [-0.39, 0.29) is 12.6 Å². The van der Waals surface area contributed by atoms with Crippen LogP contribution in [0.5, 0.6) is 5.75 Å². The molecule has 262 valence electrons. The zero-order valence-electron chi connectivity index (χ0n) is 27.8. The number of methoxy groups -OCH3 is 1. The Morgan fingerprint density at radius 1 is 0.898 bits per heavy atom. The summed E-state index contributed by atoms with van der Waals surface area (Å²) in [6, 6.07) is 9.46. The van der Waals surface area contributed by atoms with E-state index in [4.69, 9.17) is 23.8 Å². The van der Waals surface area contributed by atoms with Crippen LogP contribution in [-0.2, 0) is 32.9 Å². The molecule has 0 N–H and O–H groups in total. The van der Waals surface area contributed by atoms with Crippen molar-refractivity contribution < 1.29 is 49.9 Å². The summed E-state index contributed by atoms with van der Waals surface area (Å²) in [4.78, 5) is 21.5. The molecule has 0 unspecified atom stereocenters. The number of carbonyl (C=O) groups excluding carboxylic acids is 1. The van der Waals surface area contributed by atoms with Gasteiger partial charge in [0.25, 0.3) is 0 Å². The zero-order valence-corrected chi connectivity index (χ0v) is 27.8. The molecule has 3 aliphatic heterocycles. The van der Waals surface area contributed by atoms with Gasteiger partial charge in [0, 0.05) is 24.2 Å². The number of alkyl halides is 6. The molecular formula is C34H36BF6N3O5. The Morgan fingerprint density at radius 3 is 2.04 bits per heavy atom. The minimum Gasteiger partial charge on any atom is -0.496 e. The SMILES string of the molecule is COc1ccc(B2OC(C)(C)C(C)(C)O2)cc1-c1ccc(N2CCC2)nc1CN1C(=O)O[C@H](c2cc(C(F)(F)F)cc(C(F)(F)F)c2)[C@@H]1C. The Labute approximate surface area is 280 Å². The normalized spacial score (nSPS) is 22.0. The lowest BCUT2D eigenvalue weighted by Gasteiger charge is -2.33. The van der Waals surface area contributed by atoms with Crippen molar-refractivity contribution in [1.82, 2.24) is 9.88 Å². The van der Waals surface area contributed by atoms with E-state index in [0.29, 0.717) is 46.0 Å². The van der Waals surface area contributed by atoms with Gasteiger partial charge in [-0.15, -0.1) is 0 Å². The number of nitrogens with zero attached hydrogens (tertiary/aromatic N) is 3. The summed E-state index contributed by atoms with van der Waals surface area (Å²) >= 11 is 0. The number of ether oxygens (including phenoxy) is 2. The number of pyridine rings is 1. The van der Waals surface area contributed by atoms with Gasteiger partial charge in [0.2, 0.25) is 0 Å². The van der Waals surface area contributed by atoms with E-state index >= 15 is 0 Å². The highest BCUT2D eigenvalue weighted by atomic mass is 19.4. The van der Waals surface area contributed by atoms with Crippen LogP contribution in [0.4, 0.5) is 37.0 Å². The second kappa shape index (κ2) is 12.1. The fraction of sp³-hybridized carbons (Fsp3) is 0.471. The first-order chi connectivity index (χ1) is 22.8. The van der Waals surface area contributed by atoms with Gasteiger partial charge < -0.3 is 23.7 Å². The Kier molecular flexibility index (Phi) is 8.62. The van der Waals surface area contributed by atoms with Gasteiger partial charge in [-0.3, -0.25) is 4.90 Å². The summed E-state index contributed by atoms with van der Waals surface area (Å²) in [7, 11) is 0.832. The number of anilines is 1. The number of carbonyl (C=O) groups is 1. The summed E-state index contributed by atoms with van der Waals surface area (Å²) in [5.41, 5.74) is -2.20. The third-order valence-electron chi connectivity index (χ3n) is 9.83. The maximum absolute atomic E-state index is 13.6. The summed E-state index contributed by atoms with van der Waals surface area (Å²) in [6.07, 6.45) is -11.4. The molecule has 0 radical (unpaired) electrons. The van der Waals surface area contributed by atoms with E-state index in [0.717, 1.165) is 19.5 Å². The summed E-state index contributed by atoms with van der Waals surface area (Å²) < 4.78 is 106. The van der Waals surface area contributed by atoms with Crippen molar-refractivity contribution in [2.45, 2.75) is 83.3 Å². The van der Waals surface area contributed by atoms with Crippen LogP contribution < -0.4 is 15.1 Å². The number of halogens is 6. The maximum atomic E-state index is 13.6. The summed E-state index contributed by atoms with van der Waals surface area (Å²) in [6.45, 7) is 10.7. The van der Waals surface area contributed by atoms with Crippen LogP contribution in [0.15, 0.2) is 48.5 Å². The van der Waals surface area contributed by atoms with Crippen LogP contribution in [-0.4, -0.2) is 60.5 Å². The van der Waals surface area contributed by atoms with Gasteiger partial charge in [-0.1, -0.05) is 12.1 Å². The van der Waals surface area contributed by atoms with Crippen LogP contribution in [0.25, 0.3) is 11.1 Å². The van der Waals surface area contributed by atoms with Crippen LogP contribution in [0.1, 0.15) is 69.5 Å². The maximum Gasteiger partial charge on any atom is 0.494 e. The van der Waals surface area contributed by atoms with Crippen LogP contribution >= 0.6 is 0 Å². The Morgan fingerprint density at radius 2 is 1.51 bits per heavy atom. The van der Waals surface area contributed by atoms with Crippen molar-refractivity contribution in [3.8, 4) is 16.9 Å². The summed E-state index contributed by atoms with van der Waals surface area (Å²) in [5, 5.41) is 0. The van der Waals surface area contributed by atoms with Gasteiger partial charge >= 0.3 is 25.6 Å². The average Bonchev–Trinajstić information content (AvgIpc) is 3.39. The molecule has 49 heavy (non-hydrogen) atoms. The van der Waals surface area contributed by atoms with Crippen molar-refractivity contribution >= 4 is 24.5 Å². The largest absolute Gasteiger partial charge is 0.496 e. The van der Waals surface area contributed by atoms with E-state index in [1.54, 1.807) is 6.07 Å². The molecule has 3 fully saturated rings. The lowest BCUT2D eigenvalue weighted by Crippen LogP contribution is -2.41. The van der Waals surface area contributed by atoms with Gasteiger partial charge in [0.1, 0.15) is 17.7 Å². The lowest BCUT2D eigenvalue weighted by molar-refractivity contribution is -0.143. The van der Waals surface area contributed by atoms with Gasteiger partial charge in [0.15, 0.2) is 0 Å². The fourth-order valence-electron chi connectivity index (χ4n) is 6.10. The second-order valence-electron chi connectivity index (χ2n) is 13.6. The highest BCUT2D eigenvalue weighted by molar-refractivity contribution is 6.62. The molecule has 3 saturated heterocycles. The van der Waals surface area contributed by atoms with Crippen LogP contribution in [0.3, 0.4) is 0 Å². The number of benzene rings is 2. The standard InChI is InChI=1S/C34H36BF6N3O5/c1-19-29(20-14-21(33(36,37)38)16-22(15-20)34(39,40)41)47-30(45)44(19)18-26-24(9-11-28(42-26)43-12-7-13-43)25-17-23(8-10-27(25)46-6)35-48-31(2,3)32(4,5)49-35/h8-11,14-17,19,29H,7,12-13,18H2,1-6H3/t19-,29-/m0/s1. The number of aromatic nitrogens is 1. The third-order valence-corrected chi connectivity index (χ3v) is 9.83. The van der Waals surface area contributed by atoms with Crippen LogP contribution in [0.2, 0.25) is 0 Å². The molecule has 0 saturated carbocycles. The van der Waals surface area contributed by atoms with Crippen molar-refractivity contribution in [1.29, 1.82) is 0 Å². The van der Waals surface area contributed by atoms with E-state index in [1.165, 1.54) is 18.9 Å². The minimum absolute atomic E-state index is 0.0469. The molecule has 3 aromatic rings. The monoisotopic (exact) mass is 691 g/mol. The Bertz CT molecular complexity index is 1710. The van der Waals surface area contributed by atoms with Gasteiger partial charge in [-0.25, -0.2) is 9.78 Å². The number of hydrogen-bond acceptors (Lipinski definition) is 7. The molecule has 0 bridgehead atoms. The average molecular weight is 691 g/mol. The van der Waals surface area contributed by atoms with Crippen molar-refractivity contribution in [3.05, 3.63) is 70.9 Å². The number of hydrogen-bond donors (Lipinski definition) is 0. The summed E-state index contributed by atoms with van der Waals surface area (Å²) in [5.74, 6) is 1.16. The third kappa shape index (κ3) is 6.54. The molecule has 8 nitrogen and oxygen atoms in total. The molecule has 3 aliphatic rings. The Balaban J connectivity index is 1.38. The lowest BCUT2D eigenvalue weighted by atomic mass is 9.77. The predicted octanol–water partition coefficient (Wildman–Crippen LogP) is 7.39. The first-order valence-corrected chi connectivity index (χ1v) is 15.8. The van der Waals surface area contributed by atoms with E-state index < -0.39 is 65.6 Å². The molecule has 1 amide bonds. The fourth-order valence-corrected chi connectivity index (χ4v) is 6.10. The molecule has 2 atom stereocenters. The first kappa shape index (κ1) is 34.9. The van der Waals surface area contributed by atoms with Crippen molar-refractivity contribution in [2.24, 2.45) is 0 Å². The van der Waals surface area contributed by atoms with Gasteiger partial charge in [-0.05, 0) is 88.5 Å². The van der Waals surface area contributed by atoms with Gasteiger partial charge in [-0.2, -0.15) is 26.3 Å². The smallest absolute Gasteiger partial charge is 0.494 e. The number of rotatable bonds is 7. The molecule has 2 aromatic carbocycles. The minimum atomic E-state index is -5.05. The van der Waals surface area contributed by atoms with Crippen LogP contribution in [0, 0.1) is 0 Å². The molecule has 15 heteroatoms. The van der Waals surface area contributed by atoms with E-state index in [2.05, 4.69) is 4.90 Å². The highest BCUT2D eigenvalue weighted by Gasteiger charge is 2.52. The number of cyclic esters (lactones) is 1. The van der Waals surface area contributed by atoms with Crippen molar-refractivity contribution in [3.63, 3.8) is 0 Å². The molecule has 0 spiro atoms. The quantitative estimate of drug-likeness (QED) is 0.189. The topological polar surface area (TPSA) is 73.4 Å². The molecular weight excluding hydrogens is 655 g/mol. The van der Waals surface area contributed by atoms with E-state index in [1.807, 2.05) is 52.0 Å². The first-order valence-electron chi connectivity index (χ1n) is 15.8.